The van der Waals surface area contributed by atoms with Crippen LogP contribution < -0.4 is 34.9 Å². The van der Waals surface area contributed by atoms with Crippen molar-refractivity contribution < 1.29 is 198 Å². The van der Waals surface area contributed by atoms with Gasteiger partial charge in [0.2, 0.25) is 29.3 Å². The minimum absolute atomic E-state index is 0. The molecule has 7 N–H and O–H groups in total. The summed E-state index contributed by atoms with van der Waals surface area (Å²) in [5.74, 6) is -3.57. The average molecular weight is 2170 g/mol. The Hall–Kier alpha value is -9.65. The summed E-state index contributed by atoms with van der Waals surface area (Å²) >= 11 is 20.3. The van der Waals surface area contributed by atoms with Crippen molar-refractivity contribution >= 4 is 158 Å². The fourth-order valence-electron chi connectivity index (χ4n) is 10.1. The molecule has 0 aliphatic carbocycles. The number of nitrogens with zero attached hydrogens (tertiary/aromatic N) is 9. The second kappa shape index (κ2) is 74.8. The third-order valence-corrected chi connectivity index (χ3v) is 15.6. The van der Waals surface area contributed by atoms with E-state index in [1.807, 2.05) is 121 Å². The molecule has 4 aromatic heterocycles. The van der Waals surface area contributed by atoms with Crippen LogP contribution in [-0.2, 0) is 110 Å². The molecule has 2 saturated heterocycles. The minimum Gasteiger partial charge on any atom is -0.870 e. The van der Waals surface area contributed by atoms with E-state index in [-0.39, 0.29) is 118 Å². The first-order valence-corrected chi connectivity index (χ1v) is 43.8. The summed E-state index contributed by atoms with van der Waals surface area (Å²) in [5.41, 5.74) is 12.7. The van der Waals surface area contributed by atoms with Gasteiger partial charge in [0, 0.05) is 122 Å². The van der Waals surface area contributed by atoms with Gasteiger partial charge in [-0.15, -0.1) is 0 Å². The summed E-state index contributed by atoms with van der Waals surface area (Å²) < 4.78 is 43.9. The number of likely N-dealkylation sites (tertiary alicyclic amines) is 2. The Morgan fingerprint density at radius 3 is 1.05 bits per heavy atom. The number of halogens is 4. The molecule has 1 amide bonds. The van der Waals surface area contributed by atoms with Gasteiger partial charge in [-0.25, -0.2) is 34.3 Å². The maximum atomic E-state index is 11.8. The van der Waals surface area contributed by atoms with Gasteiger partial charge in [0.1, 0.15) is 34.4 Å². The van der Waals surface area contributed by atoms with Crippen molar-refractivity contribution in [2.75, 3.05) is 39.4 Å². The first kappa shape index (κ1) is 132. The van der Waals surface area contributed by atoms with Gasteiger partial charge in [-0.05, 0) is 174 Å². The normalized spacial score (nSPS) is 11.1. The van der Waals surface area contributed by atoms with E-state index in [2.05, 4.69) is 119 Å². The number of carboxylic acid groups (broad SMARTS) is 5. The zero-order valence-electron chi connectivity index (χ0n) is 73.1. The van der Waals surface area contributed by atoms with Crippen molar-refractivity contribution in [2.24, 2.45) is 4.30 Å². The topological polar surface area (TPSA) is 560 Å². The molecule has 2 aliphatic rings. The summed E-state index contributed by atoms with van der Waals surface area (Å²) in [4.78, 5) is 161. The number of aromatic carboxylic acids is 1. The molecule has 11 rings (SSSR count). The van der Waals surface area contributed by atoms with Crippen LogP contribution in [0.25, 0.3) is 51.3 Å². The molecule has 0 bridgehead atoms. The molecule has 6 heterocycles. The van der Waals surface area contributed by atoms with Crippen molar-refractivity contribution in [1.82, 2.24) is 35.1 Å². The Balaban J connectivity index is -0.000000340. The molecule has 46 heteroatoms. The molecule has 3 radical (unpaired) electrons. The van der Waals surface area contributed by atoms with Crippen LogP contribution in [0.5, 0.6) is 0 Å². The van der Waals surface area contributed by atoms with Gasteiger partial charge in [-0.2, -0.15) is 4.79 Å². The van der Waals surface area contributed by atoms with Gasteiger partial charge >= 0.3 is 83.1 Å². The average Bonchev–Trinajstić information content (AvgIpc) is 1.67. The van der Waals surface area contributed by atoms with Gasteiger partial charge in [0.15, 0.2) is 40.6 Å². The van der Waals surface area contributed by atoms with E-state index < -0.39 is 76.2 Å². The van der Waals surface area contributed by atoms with E-state index in [0.717, 1.165) is 95.9 Å². The fraction of sp³-hybridized carbons (Fsp3) is 0.341. The van der Waals surface area contributed by atoms with E-state index >= 15 is 0 Å². The van der Waals surface area contributed by atoms with Gasteiger partial charge in [-0.3, -0.25) is 62.3 Å². The zero-order chi connectivity index (χ0) is 95.6. The standard InChI is InChI=1S/C17H20N2O2.C16H18N2O3.C13H15NO4.C12H10BrNO2.C12H11NO2.C6H8N2O3.4C2H4O2.CH4.BHNS.Cl3OP.Na.H2O.2Rh/c1-13(20)16-15(12-19-10-6-3-7-11-19)21-17(18-16)14-8-4-2-5-9-14;19-16(20)14-13(11-18-9-5-2-6-10-18)21-15(17-14)12-7-3-1-4-8-12;1-3-18-13(17)11(9(2)15)14-12(16)10-7-5-4-6-8-10;1-8(15)11-10(7-13)16-12(14-11)9-5-3-2-4-6-9;1-8(14)11-9(2)15-12(13-11)10-6-4-3-5-7-10;1-3-11-6(10)5(8-7)4(2)9;4*1-2(3)4;;1-2-3;1-5(2,3)4;;;;/h2,4-5,8-9H,3,6-7,10-12H2,1H3;1,3-4,7-8H,2,5-6,9-11H2,(H,19,20);4-8,11H,3H2,1-2H3,(H,14,16);2-6H,7H2,1H3;3-7H,1-2H3;3H2,1-2H3;4*1H3,(H,3,4);1H4;3H;;;1H2;;/q;;;;;;;;;;;;;+1;;;/p-1. The molecule has 2 fully saturated rings. The van der Waals surface area contributed by atoms with E-state index in [4.69, 9.17) is 67.5 Å². The SMILES string of the molecule is C.CC(=O)O.CC(=O)O.CC(=O)O.CC(=O)O.CC(=O)c1nc(-c2ccccc2)oc1C.CC(=O)c1nc(-c2ccccc2)oc1CBr.CC(=O)c1nc(-c2ccccc2)oc1CN1CCCCC1.CCOC(=O)C(=[N+]=[N-])C(C)=O.CCOC(=O)C(NC(=O)c1ccccc1)C(C)=O.O=C(O)c1nc(-c2ccccc2)oc1CN1CCCCC1.O=P(Cl)(Cl)Cl.[B]=NS.[Na+].[OH-].[Rh].[Rh]. The van der Waals surface area contributed by atoms with E-state index in [0.29, 0.717) is 87.7 Å². The quantitative estimate of drug-likeness (QED) is 0.00336. The molecular formula is C85H104BBrCl3N10NaO26PRh2S. The number of ketones is 5. The molecule has 711 valence electrons. The molecule has 2 aliphatic heterocycles. The van der Waals surface area contributed by atoms with Crippen LogP contribution in [0.4, 0.5) is 0 Å². The van der Waals surface area contributed by atoms with Gasteiger partial charge in [0.05, 0.1) is 31.6 Å². The molecule has 0 spiro atoms. The number of esters is 2. The number of alkyl halides is 1. The number of amides is 1. The van der Waals surface area contributed by atoms with Crippen LogP contribution in [0.3, 0.4) is 0 Å². The van der Waals surface area contributed by atoms with Crippen LogP contribution >= 0.6 is 67.7 Å². The van der Waals surface area contributed by atoms with Crippen LogP contribution in [0.1, 0.15) is 197 Å². The Labute approximate surface area is 835 Å². The number of aryl methyl sites for hydroxylation is 1. The van der Waals surface area contributed by atoms with Crippen molar-refractivity contribution in [3.05, 3.63) is 209 Å². The Kier molecular flexibility index (Phi) is 75.5. The van der Waals surface area contributed by atoms with E-state index in [1.165, 1.54) is 46.5 Å². The summed E-state index contributed by atoms with van der Waals surface area (Å²) in [6.45, 7) is 21.8. The number of carboxylic acids is 5. The van der Waals surface area contributed by atoms with Crippen LogP contribution in [-0.4, -0.2) is 201 Å². The molecule has 9 aromatic rings. The number of benzene rings is 5. The van der Waals surface area contributed by atoms with Crippen LogP contribution in [0.2, 0.25) is 0 Å². The van der Waals surface area contributed by atoms with E-state index in [9.17, 15) is 52.8 Å². The van der Waals surface area contributed by atoms with Crippen molar-refractivity contribution in [1.29, 1.82) is 0 Å². The molecule has 1 atom stereocenters. The smallest absolute Gasteiger partial charge is 0.870 e. The Bertz CT molecular complexity index is 4890. The number of oxazole rings is 4. The molecule has 1 unspecified atom stereocenters. The van der Waals surface area contributed by atoms with Crippen molar-refractivity contribution in [3.8, 4) is 45.8 Å². The molecule has 36 nitrogen and oxygen atoms in total. The number of hydrogen-bond donors (Lipinski definition) is 7. The number of aromatic nitrogens is 4. The minimum atomic E-state index is -3.22. The maximum Gasteiger partial charge on any atom is 1.00 e. The number of carbonyl (C=O) groups is 13. The Morgan fingerprint density at radius 2 is 0.794 bits per heavy atom. The largest absolute Gasteiger partial charge is 1.00 e. The maximum absolute atomic E-state index is 11.8. The zero-order valence-corrected chi connectivity index (χ0v) is 84.1. The number of rotatable bonds is 21. The summed E-state index contributed by atoms with van der Waals surface area (Å²) in [6, 6.07) is 45.3. The number of carbonyl (C=O) groups excluding carboxylic acids is 8. The predicted octanol–water partition coefficient (Wildman–Crippen LogP) is 14.4. The van der Waals surface area contributed by atoms with Crippen LogP contribution in [0, 0.1) is 6.92 Å². The Morgan fingerprint density at radius 1 is 0.519 bits per heavy atom. The number of thiol groups is 1. The van der Waals surface area contributed by atoms with Gasteiger partial charge in [0.25, 0.3) is 29.8 Å². The predicted molar refractivity (Wildman–Crippen MR) is 486 cm³/mol. The summed E-state index contributed by atoms with van der Waals surface area (Å²) in [5, 5.41) is 38.6. The third-order valence-electron chi connectivity index (χ3n) is 15.1. The number of aliphatic carboxylic acids is 4. The van der Waals surface area contributed by atoms with Crippen molar-refractivity contribution in [2.45, 2.75) is 153 Å². The number of hydrogen-bond acceptors (Lipinski definition) is 29. The number of nitrogens with one attached hydrogen (secondary N) is 1. The van der Waals surface area contributed by atoms with Gasteiger partial charge in [-0.1, -0.05) is 127 Å². The second-order valence-corrected chi connectivity index (χ2v) is 32.9. The number of ether oxygens (including phenoxy) is 2. The fourth-order valence-corrected chi connectivity index (χ4v) is 10.4. The number of Topliss-reactive ketones (excluding diaryl/α,β-unsaturated/α-hetero) is 5. The first-order chi connectivity index (χ1) is 59.4. The van der Waals surface area contributed by atoms with Gasteiger partial charge < -0.3 is 69.0 Å². The molecule has 0 saturated carbocycles. The number of piperidine rings is 2. The summed E-state index contributed by atoms with van der Waals surface area (Å²) in [7, 11) is 4.34. The molecule has 5 aromatic carbocycles. The first-order valence-electron chi connectivity index (χ1n) is 37.8. The van der Waals surface area contributed by atoms with Crippen molar-refractivity contribution in [3.63, 3.8) is 0 Å². The monoisotopic (exact) mass is 2170 g/mol. The molecule has 131 heavy (non-hydrogen) atoms. The van der Waals surface area contributed by atoms with Crippen LogP contribution in [0.15, 0.2) is 174 Å². The van der Waals surface area contributed by atoms with E-state index in [1.54, 1.807) is 58.0 Å². The third kappa shape index (κ3) is 59.5. The summed E-state index contributed by atoms with van der Waals surface area (Å²) in [6.07, 6.45) is 7.28. The molecular weight excluding hydrogens is 2070 g/mol. The second-order valence-electron chi connectivity index (χ2n) is 25.5.